The van der Waals surface area contributed by atoms with Crippen molar-refractivity contribution < 1.29 is 0 Å². The Morgan fingerprint density at radius 2 is 2.31 bits per heavy atom. The van der Waals surface area contributed by atoms with E-state index in [-0.39, 0.29) is 0 Å². The third-order valence-corrected chi connectivity index (χ3v) is 2.36. The summed E-state index contributed by atoms with van der Waals surface area (Å²) in [7, 11) is 0. The van der Waals surface area contributed by atoms with E-state index in [1.807, 2.05) is 37.6 Å². The smallest absolute Gasteiger partial charge is 0.0946 e. The average molecular weight is 216 g/mol. The molecule has 0 bridgehead atoms. The summed E-state index contributed by atoms with van der Waals surface area (Å²) in [5.74, 6) is 0. The number of nitrogens with one attached hydrogen (secondary N) is 1. The van der Waals surface area contributed by atoms with Gasteiger partial charge in [-0.05, 0) is 19.1 Å². The first kappa shape index (κ1) is 10.8. The molecule has 0 aliphatic carbocycles. The Balaban J connectivity index is 1.72. The second kappa shape index (κ2) is 5.42. The lowest BCUT2D eigenvalue weighted by molar-refractivity contribution is 0.591. The normalized spacial score (nSPS) is 10.6. The third-order valence-electron chi connectivity index (χ3n) is 2.36. The topological polar surface area (TPSA) is 42.7 Å². The van der Waals surface area contributed by atoms with E-state index in [9.17, 15) is 0 Å². The zero-order chi connectivity index (χ0) is 11.2. The molecule has 0 radical (unpaired) electrons. The van der Waals surface area contributed by atoms with Crippen LogP contribution in [0, 0.1) is 6.92 Å². The number of aryl methyl sites for hydroxylation is 1. The van der Waals surface area contributed by atoms with Crippen molar-refractivity contribution in [3.8, 4) is 0 Å². The van der Waals surface area contributed by atoms with E-state index >= 15 is 0 Å². The van der Waals surface area contributed by atoms with E-state index in [0.717, 1.165) is 31.0 Å². The summed E-state index contributed by atoms with van der Waals surface area (Å²) in [6.45, 7) is 4.68. The van der Waals surface area contributed by atoms with E-state index in [1.54, 1.807) is 6.20 Å². The molecule has 0 unspecified atom stereocenters. The number of hydrogen-bond donors (Lipinski definition) is 1. The van der Waals surface area contributed by atoms with Gasteiger partial charge < -0.3 is 9.88 Å². The van der Waals surface area contributed by atoms with Gasteiger partial charge in [0.05, 0.1) is 12.0 Å². The molecule has 4 heteroatoms. The van der Waals surface area contributed by atoms with Crippen LogP contribution in [0.3, 0.4) is 0 Å². The highest BCUT2D eigenvalue weighted by Gasteiger charge is 1.94. The van der Waals surface area contributed by atoms with Crippen LogP contribution in [-0.2, 0) is 13.1 Å². The van der Waals surface area contributed by atoms with Crippen LogP contribution in [0.15, 0.2) is 36.9 Å². The largest absolute Gasteiger partial charge is 0.336 e. The van der Waals surface area contributed by atoms with E-state index in [2.05, 4.69) is 19.9 Å². The lowest BCUT2D eigenvalue weighted by atomic mass is 10.3. The molecule has 0 fully saturated rings. The fourth-order valence-electron chi connectivity index (χ4n) is 1.54. The molecule has 0 atom stereocenters. The van der Waals surface area contributed by atoms with Gasteiger partial charge in [-0.15, -0.1) is 0 Å². The molecule has 0 aliphatic heterocycles. The quantitative estimate of drug-likeness (QED) is 0.768. The fraction of sp³-hybridized carbons (Fsp3) is 0.333. The predicted octanol–water partition coefficient (Wildman–Crippen LogP) is 1.38. The van der Waals surface area contributed by atoms with Crippen LogP contribution in [0.4, 0.5) is 0 Å². The minimum Gasteiger partial charge on any atom is -0.336 e. The third kappa shape index (κ3) is 3.17. The van der Waals surface area contributed by atoms with Crippen LogP contribution in [0.2, 0.25) is 0 Å². The predicted molar refractivity (Wildman–Crippen MR) is 62.9 cm³/mol. The first-order chi connectivity index (χ1) is 7.84. The maximum Gasteiger partial charge on any atom is 0.0946 e. The summed E-state index contributed by atoms with van der Waals surface area (Å²) < 4.78 is 2.05. The molecule has 4 nitrogen and oxygen atoms in total. The lowest BCUT2D eigenvalue weighted by Crippen LogP contribution is -2.19. The van der Waals surface area contributed by atoms with Crippen molar-refractivity contribution in [2.45, 2.75) is 20.0 Å². The second-order valence-corrected chi connectivity index (χ2v) is 3.75. The monoisotopic (exact) mass is 216 g/mol. The van der Waals surface area contributed by atoms with Crippen LogP contribution >= 0.6 is 0 Å². The molecule has 84 valence electrons. The van der Waals surface area contributed by atoms with Gasteiger partial charge in [0.15, 0.2) is 0 Å². The maximum atomic E-state index is 4.43. The van der Waals surface area contributed by atoms with E-state index in [1.165, 1.54) is 0 Å². The molecule has 2 aromatic heterocycles. The van der Waals surface area contributed by atoms with Gasteiger partial charge in [0.1, 0.15) is 0 Å². The summed E-state index contributed by atoms with van der Waals surface area (Å²) >= 11 is 0. The van der Waals surface area contributed by atoms with Crippen LogP contribution < -0.4 is 5.32 Å². The van der Waals surface area contributed by atoms with Gasteiger partial charge in [0, 0.05) is 37.7 Å². The van der Waals surface area contributed by atoms with Crippen molar-refractivity contribution in [2.24, 2.45) is 0 Å². The number of aromatic nitrogens is 3. The molecule has 0 aromatic carbocycles. The van der Waals surface area contributed by atoms with Crippen LogP contribution in [0.25, 0.3) is 0 Å². The van der Waals surface area contributed by atoms with Crippen LogP contribution in [0.1, 0.15) is 11.4 Å². The highest BCUT2D eigenvalue weighted by Crippen LogP contribution is 1.97. The zero-order valence-corrected chi connectivity index (χ0v) is 9.43. The van der Waals surface area contributed by atoms with Crippen LogP contribution in [-0.4, -0.2) is 21.1 Å². The molecule has 16 heavy (non-hydrogen) atoms. The number of pyridine rings is 1. The van der Waals surface area contributed by atoms with E-state index in [4.69, 9.17) is 0 Å². The van der Waals surface area contributed by atoms with Crippen molar-refractivity contribution >= 4 is 0 Å². The minimum atomic E-state index is 0.816. The Kier molecular flexibility index (Phi) is 3.66. The summed E-state index contributed by atoms with van der Waals surface area (Å²) in [5, 5.41) is 3.36. The van der Waals surface area contributed by atoms with Crippen molar-refractivity contribution in [3.05, 3.63) is 48.3 Å². The number of hydrogen-bond acceptors (Lipinski definition) is 3. The number of nitrogens with zero attached hydrogens (tertiary/aromatic N) is 3. The molecule has 1 N–H and O–H groups in total. The highest BCUT2D eigenvalue weighted by molar-refractivity contribution is 5.09. The first-order valence-electron chi connectivity index (χ1n) is 5.43. The van der Waals surface area contributed by atoms with Gasteiger partial charge in [0.25, 0.3) is 0 Å². The molecule has 2 heterocycles. The second-order valence-electron chi connectivity index (χ2n) is 3.75. The highest BCUT2D eigenvalue weighted by atomic mass is 15.0. The van der Waals surface area contributed by atoms with Gasteiger partial charge in [-0.1, -0.05) is 6.07 Å². The summed E-state index contributed by atoms with van der Waals surface area (Å²) in [6, 6.07) is 6.08. The van der Waals surface area contributed by atoms with Crippen LogP contribution in [0.5, 0.6) is 0 Å². The fourth-order valence-corrected chi connectivity index (χ4v) is 1.54. The van der Waals surface area contributed by atoms with Crippen molar-refractivity contribution in [2.75, 3.05) is 6.54 Å². The lowest BCUT2D eigenvalue weighted by Gasteiger charge is -2.05. The SMILES string of the molecule is Cc1cccc(CNCCn2ccnc2)n1. The van der Waals surface area contributed by atoms with E-state index in [0.29, 0.717) is 0 Å². The summed E-state index contributed by atoms with van der Waals surface area (Å²) in [6.07, 6.45) is 5.58. The first-order valence-corrected chi connectivity index (χ1v) is 5.43. The summed E-state index contributed by atoms with van der Waals surface area (Å²) in [4.78, 5) is 8.42. The molecule has 0 amide bonds. The minimum absolute atomic E-state index is 0.816. The maximum absolute atomic E-state index is 4.43. The zero-order valence-electron chi connectivity index (χ0n) is 9.43. The van der Waals surface area contributed by atoms with Gasteiger partial charge in [-0.3, -0.25) is 4.98 Å². The van der Waals surface area contributed by atoms with Crippen molar-refractivity contribution in [3.63, 3.8) is 0 Å². The Morgan fingerprint density at radius 3 is 3.06 bits per heavy atom. The molecule has 0 saturated carbocycles. The molecule has 2 rings (SSSR count). The number of imidazole rings is 1. The molecule has 0 spiro atoms. The summed E-state index contributed by atoms with van der Waals surface area (Å²) in [5.41, 5.74) is 2.15. The van der Waals surface area contributed by atoms with E-state index < -0.39 is 0 Å². The van der Waals surface area contributed by atoms with Crippen molar-refractivity contribution in [1.82, 2.24) is 19.9 Å². The Labute approximate surface area is 95.4 Å². The standard InChI is InChI=1S/C12H16N4/c1-11-3-2-4-12(15-11)9-13-5-7-16-8-6-14-10-16/h2-4,6,8,10,13H,5,7,9H2,1H3. The van der Waals surface area contributed by atoms with Gasteiger partial charge in [-0.25, -0.2) is 4.98 Å². The molecule has 0 aliphatic rings. The molecule has 0 saturated heterocycles. The number of rotatable bonds is 5. The van der Waals surface area contributed by atoms with Gasteiger partial charge >= 0.3 is 0 Å². The molecular formula is C12H16N4. The molecular weight excluding hydrogens is 200 g/mol. The van der Waals surface area contributed by atoms with Gasteiger partial charge in [-0.2, -0.15) is 0 Å². The molecule has 2 aromatic rings. The Morgan fingerprint density at radius 1 is 1.38 bits per heavy atom. The Bertz CT molecular complexity index is 422. The average Bonchev–Trinajstić information content (AvgIpc) is 2.77. The Hall–Kier alpha value is -1.68. The van der Waals surface area contributed by atoms with Crippen molar-refractivity contribution in [1.29, 1.82) is 0 Å². The van der Waals surface area contributed by atoms with Gasteiger partial charge in [0.2, 0.25) is 0 Å².